The van der Waals surface area contributed by atoms with E-state index in [1.807, 2.05) is 41.3 Å². The van der Waals surface area contributed by atoms with E-state index in [-0.39, 0.29) is 17.7 Å². The van der Waals surface area contributed by atoms with Crippen LogP contribution in [0, 0.1) is 11.3 Å². The third-order valence-corrected chi connectivity index (χ3v) is 7.36. The molecule has 2 saturated heterocycles. The molecule has 2 fully saturated rings. The summed E-state index contributed by atoms with van der Waals surface area (Å²) in [6.07, 6.45) is 4.35. The van der Waals surface area contributed by atoms with Crippen LogP contribution in [-0.2, 0) is 27.2 Å². The Labute approximate surface area is 195 Å². The number of piperidine rings is 1. The molecule has 33 heavy (non-hydrogen) atoms. The van der Waals surface area contributed by atoms with Gasteiger partial charge in [-0.15, -0.1) is 0 Å². The van der Waals surface area contributed by atoms with Crippen molar-refractivity contribution < 1.29 is 19.1 Å². The van der Waals surface area contributed by atoms with Crippen molar-refractivity contribution in [3.05, 3.63) is 59.7 Å². The second-order valence-electron chi connectivity index (χ2n) is 9.57. The van der Waals surface area contributed by atoms with Crippen molar-refractivity contribution in [3.8, 4) is 11.5 Å². The number of amides is 2. The van der Waals surface area contributed by atoms with Crippen LogP contribution in [0.1, 0.15) is 36.8 Å². The molecule has 1 spiro atoms. The fourth-order valence-electron chi connectivity index (χ4n) is 5.36. The van der Waals surface area contributed by atoms with Gasteiger partial charge in [0.1, 0.15) is 11.5 Å². The second kappa shape index (κ2) is 9.56. The average Bonchev–Trinajstić information content (AvgIpc) is 2.85. The van der Waals surface area contributed by atoms with Crippen molar-refractivity contribution in [2.45, 2.75) is 38.5 Å². The molecule has 0 unspecified atom stereocenters. The van der Waals surface area contributed by atoms with E-state index in [1.54, 1.807) is 0 Å². The first-order chi connectivity index (χ1) is 16.1. The van der Waals surface area contributed by atoms with Gasteiger partial charge in [0.05, 0.1) is 5.41 Å². The summed E-state index contributed by atoms with van der Waals surface area (Å²) in [4.78, 5) is 28.5. The van der Waals surface area contributed by atoms with Gasteiger partial charge in [0.2, 0.25) is 11.8 Å². The molecule has 3 heterocycles. The number of nitrogens with zero attached hydrogens (tertiary/aromatic N) is 1. The van der Waals surface area contributed by atoms with Crippen LogP contribution in [0.2, 0.25) is 0 Å². The number of carbonyl (C=O) groups excluding carboxylic acids is 2. The normalized spacial score (nSPS) is 21.2. The predicted octanol–water partition coefficient (Wildman–Crippen LogP) is 3.73. The summed E-state index contributed by atoms with van der Waals surface area (Å²) in [5.74, 6) is 1.98. The van der Waals surface area contributed by atoms with E-state index in [0.717, 1.165) is 41.9 Å². The van der Waals surface area contributed by atoms with Crippen LogP contribution in [0.5, 0.6) is 11.5 Å². The van der Waals surface area contributed by atoms with E-state index in [1.165, 1.54) is 0 Å². The molecule has 0 aromatic heterocycles. The molecule has 4 bridgehead atoms. The third-order valence-electron chi connectivity index (χ3n) is 7.36. The molecule has 1 N–H and O–H groups in total. The first-order valence-corrected chi connectivity index (χ1v) is 12.1. The minimum atomic E-state index is -0.516. The quantitative estimate of drug-likeness (QED) is 0.722. The van der Waals surface area contributed by atoms with Crippen LogP contribution >= 0.6 is 0 Å². The highest BCUT2D eigenvalue weighted by Gasteiger charge is 2.43. The number of likely N-dealkylation sites (tertiary alicyclic amines) is 1. The molecule has 174 valence electrons. The van der Waals surface area contributed by atoms with E-state index in [2.05, 4.69) is 17.4 Å². The van der Waals surface area contributed by atoms with Crippen LogP contribution < -0.4 is 10.1 Å². The number of rotatable bonds is 1. The molecular weight excluding hydrogens is 416 g/mol. The highest BCUT2D eigenvalue weighted by Crippen LogP contribution is 2.37. The zero-order valence-corrected chi connectivity index (χ0v) is 19.1. The van der Waals surface area contributed by atoms with E-state index in [9.17, 15) is 9.59 Å². The van der Waals surface area contributed by atoms with Crippen molar-refractivity contribution in [2.75, 3.05) is 32.8 Å². The molecule has 2 amide bonds. The zero-order valence-electron chi connectivity index (χ0n) is 19.1. The van der Waals surface area contributed by atoms with Crippen molar-refractivity contribution in [3.63, 3.8) is 0 Å². The van der Waals surface area contributed by atoms with E-state index in [4.69, 9.17) is 9.47 Å². The first kappa shape index (κ1) is 22.0. The maximum absolute atomic E-state index is 13.5. The zero-order chi connectivity index (χ0) is 22.7. The maximum atomic E-state index is 13.5. The van der Waals surface area contributed by atoms with Crippen molar-refractivity contribution in [2.24, 2.45) is 11.3 Å². The summed E-state index contributed by atoms with van der Waals surface area (Å²) < 4.78 is 11.5. The Morgan fingerprint density at radius 1 is 0.970 bits per heavy atom. The number of ether oxygens (including phenoxy) is 2. The number of carbonyl (C=O) groups is 2. The molecule has 2 aromatic rings. The Kier molecular flexibility index (Phi) is 6.36. The Balaban J connectivity index is 1.36. The minimum Gasteiger partial charge on any atom is -0.457 e. The lowest BCUT2D eigenvalue weighted by Gasteiger charge is -2.42. The van der Waals surface area contributed by atoms with Crippen LogP contribution in [-0.4, -0.2) is 49.6 Å². The molecule has 0 saturated carbocycles. The van der Waals surface area contributed by atoms with E-state index < -0.39 is 5.41 Å². The van der Waals surface area contributed by atoms with Gasteiger partial charge >= 0.3 is 0 Å². The molecule has 3 aliphatic heterocycles. The number of benzene rings is 2. The molecule has 2 aromatic carbocycles. The van der Waals surface area contributed by atoms with Crippen LogP contribution in [0.25, 0.3) is 0 Å². The summed E-state index contributed by atoms with van der Waals surface area (Å²) in [6.45, 7) is 3.17. The summed E-state index contributed by atoms with van der Waals surface area (Å²) in [7, 11) is 0. The average molecular weight is 449 g/mol. The maximum Gasteiger partial charge on any atom is 0.226 e. The highest BCUT2D eigenvalue weighted by atomic mass is 16.5. The van der Waals surface area contributed by atoms with Gasteiger partial charge in [-0.1, -0.05) is 24.3 Å². The van der Waals surface area contributed by atoms with E-state index >= 15 is 0 Å². The Morgan fingerprint density at radius 2 is 1.64 bits per heavy atom. The highest BCUT2D eigenvalue weighted by molar-refractivity contribution is 5.84. The Morgan fingerprint density at radius 3 is 2.36 bits per heavy atom. The second-order valence-corrected chi connectivity index (χ2v) is 9.57. The number of hydrogen-bond donors (Lipinski definition) is 1. The minimum absolute atomic E-state index is 0.0607. The summed E-state index contributed by atoms with van der Waals surface area (Å²) in [6, 6.07) is 16.1. The predicted molar refractivity (Wildman–Crippen MR) is 125 cm³/mol. The summed E-state index contributed by atoms with van der Waals surface area (Å²) in [5, 5.41) is 3.21. The van der Waals surface area contributed by atoms with Gasteiger partial charge in [0.15, 0.2) is 0 Å². The molecule has 5 rings (SSSR count). The molecule has 6 nitrogen and oxygen atoms in total. The number of hydrogen-bond acceptors (Lipinski definition) is 4. The number of nitrogens with one attached hydrogen (secondary N) is 1. The van der Waals surface area contributed by atoms with Gasteiger partial charge in [-0.25, -0.2) is 0 Å². The van der Waals surface area contributed by atoms with E-state index in [0.29, 0.717) is 52.1 Å². The van der Waals surface area contributed by atoms with Crippen molar-refractivity contribution in [1.29, 1.82) is 0 Å². The standard InChI is InChI=1S/C27H32N2O4/c30-25(22-8-15-32-16-9-22)29-13-10-27(11-14-29)19-21-4-2-6-24(18-21)33-23-5-1-3-20(17-23)7-12-28-26(27)31/h1-6,17-18,22H,7-16,19H2,(H,28,31). The lowest BCUT2D eigenvalue weighted by Crippen LogP contribution is -2.52. The first-order valence-electron chi connectivity index (χ1n) is 12.1. The van der Waals surface area contributed by atoms with Crippen molar-refractivity contribution in [1.82, 2.24) is 10.2 Å². The monoisotopic (exact) mass is 448 g/mol. The molecule has 6 heteroatoms. The smallest absolute Gasteiger partial charge is 0.226 e. The summed E-state index contributed by atoms with van der Waals surface area (Å²) in [5.41, 5.74) is 1.70. The van der Waals surface area contributed by atoms with Crippen molar-refractivity contribution >= 4 is 11.8 Å². The molecule has 0 aliphatic carbocycles. The number of fused-ring (bicyclic) bond motifs is 4. The fourth-order valence-corrected chi connectivity index (χ4v) is 5.36. The lowest BCUT2D eigenvalue weighted by molar-refractivity contribution is -0.145. The van der Waals surface area contributed by atoms with Gasteiger partial charge in [-0.3, -0.25) is 9.59 Å². The summed E-state index contributed by atoms with van der Waals surface area (Å²) >= 11 is 0. The van der Waals surface area contributed by atoms with Gasteiger partial charge in [-0.2, -0.15) is 0 Å². The van der Waals surface area contributed by atoms with Crippen LogP contribution in [0.15, 0.2) is 48.5 Å². The molecular formula is C27H32N2O4. The SMILES string of the molecule is O=C(C1CCOCC1)N1CCC2(CC1)Cc1cccc(c1)Oc1cccc(c1)CCNC2=O. The van der Waals surface area contributed by atoms with Gasteiger partial charge in [0.25, 0.3) is 0 Å². The van der Waals surface area contributed by atoms with Crippen LogP contribution in [0.3, 0.4) is 0 Å². The lowest BCUT2D eigenvalue weighted by atomic mass is 9.72. The topological polar surface area (TPSA) is 67.9 Å². The van der Waals surface area contributed by atoms with Gasteiger partial charge in [-0.05, 0) is 73.9 Å². The molecule has 3 aliphatic rings. The van der Waals surface area contributed by atoms with Crippen LogP contribution in [0.4, 0.5) is 0 Å². The fraction of sp³-hybridized carbons (Fsp3) is 0.481. The molecule has 0 radical (unpaired) electrons. The molecule has 0 atom stereocenters. The van der Waals surface area contributed by atoms with Gasteiger partial charge < -0.3 is 19.7 Å². The van der Waals surface area contributed by atoms with Gasteiger partial charge in [0, 0.05) is 38.8 Å². The largest absolute Gasteiger partial charge is 0.457 e. The Hall–Kier alpha value is -2.86. The Bertz CT molecular complexity index is 1010. The third kappa shape index (κ3) is 4.91.